The van der Waals surface area contributed by atoms with Crippen LogP contribution in [0.5, 0.6) is 5.88 Å². The third-order valence-electron chi connectivity index (χ3n) is 4.09. The maximum Gasteiger partial charge on any atom is 0.253 e. The zero-order chi connectivity index (χ0) is 16.2. The van der Waals surface area contributed by atoms with Gasteiger partial charge in [0.15, 0.2) is 0 Å². The molecule has 0 saturated heterocycles. The van der Waals surface area contributed by atoms with Crippen LogP contribution in [0.1, 0.15) is 34.9 Å². The van der Waals surface area contributed by atoms with E-state index in [0.29, 0.717) is 17.4 Å². The van der Waals surface area contributed by atoms with Crippen molar-refractivity contribution in [3.63, 3.8) is 0 Å². The SMILES string of the molecule is CNc1ccccc1C(=O)NC(c1cccc(OC)n1)C1CC1. The Morgan fingerprint density at radius 2 is 2.00 bits per heavy atom. The molecule has 1 unspecified atom stereocenters. The molecule has 120 valence electrons. The summed E-state index contributed by atoms with van der Waals surface area (Å²) in [7, 11) is 3.41. The Labute approximate surface area is 136 Å². The van der Waals surface area contributed by atoms with Crippen molar-refractivity contribution in [1.29, 1.82) is 0 Å². The summed E-state index contributed by atoms with van der Waals surface area (Å²) in [6, 6.07) is 13.1. The van der Waals surface area contributed by atoms with Gasteiger partial charge in [-0.3, -0.25) is 4.79 Å². The number of ether oxygens (including phenoxy) is 1. The highest BCUT2D eigenvalue weighted by molar-refractivity contribution is 5.99. The molecule has 5 heteroatoms. The third kappa shape index (κ3) is 3.44. The quantitative estimate of drug-likeness (QED) is 0.861. The Bertz CT molecular complexity index is 698. The summed E-state index contributed by atoms with van der Waals surface area (Å²) in [5, 5.41) is 6.20. The van der Waals surface area contributed by atoms with Crippen molar-refractivity contribution in [3.8, 4) is 5.88 Å². The molecule has 1 fully saturated rings. The van der Waals surface area contributed by atoms with Gasteiger partial charge in [0.1, 0.15) is 0 Å². The van der Waals surface area contributed by atoms with Crippen molar-refractivity contribution < 1.29 is 9.53 Å². The molecule has 1 aromatic carbocycles. The monoisotopic (exact) mass is 311 g/mol. The fraction of sp³-hybridized carbons (Fsp3) is 0.333. The van der Waals surface area contributed by atoms with E-state index >= 15 is 0 Å². The number of carbonyl (C=O) groups is 1. The normalized spacial score (nSPS) is 14.9. The molecule has 1 amide bonds. The molecule has 2 N–H and O–H groups in total. The molecule has 1 aromatic heterocycles. The van der Waals surface area contributed by atoms with E-state index in [-0.39, 0.29) is 11.9 Å². The first-order chi connectivity index (χ1) is 11.2. The van der Waals surface area contributed by atoms with Gasteiger partial charge < -0.3 is 15.4 Å². The van der Waals surface area contributed by atoms with Gasteiger partial charge in [0.05, 0.1) is 24.4 Å². The average Bonchev–Trinajstić information content (AvgIpc) is 3.44. The van der Waals surface area contributed by atoms with Crippen molar-refractivity contribution in [2.45, 2.75) is 18.9 Å². The number of amides is 1. The van der Waals surface area contributed by atoms with Crippen LogP contribution in [0.3, 0.4) is 0 Å². The smallest absolute Gasteiger partial charge is 0.253 e. The molecule has 0 radical (unpaired) electrons. The first-order valence-corrected chi connectivity index (χ1v) is 7.81. The highest BCUT2D eigenvalue weighted by Crippen LogP contribution is 2.41. The Morgan fingerprint density at radius 3 is 2.70 bits per heavy atom. The predicted molar refractivity (Wildman–Crippen MR) is 89.7 cm³/mol. The average molecular weight is 311 g/mol. The molecule has 5 nitrogen and oxygen atoms in total. The number of para-hydroxylation sites is 1. The highest BCUT2D eigenvalue weighted by Gasteiger charge is 2.35. The van der Waals surface area contributed by atoms with Gasteiger partial charge in [0.25, 0.3) is 5.91 Å². The van der Waals surface area contributed by atoms with E-state index in [0.717, 1.165) is 24.2 Å². The molecule has 0 bridgehead atoms. The fourth-order valence-corrected chi connectivity index (χ4v) is 2.70. The summed E-state index contributed by atoms with van der Waals surface area (Å²) < 4.78 is 5.20. The minimum absolute atomic E-state index is 0.0810. The molecule has 23 heavy (non-hydrogen) atoms. The maximum atomic E-state index is 12.7. The number of aromatic nitrogens is 1. The lowest BCUT2D eigenvalue weighted by atomic mass is 10.1. The number of nitrogens with one attached hydrogen (secondary N) is 2. The van der Waals surface area contributed by atoms with Crippen molar-refractivity contribution in [1.82, 2.24) is 10.3 Å². The van der Waals surface area contributed by atoms with Crippen LogP contribution in [0.25, 0.3) is 0 Å². The van der Waals surface area contributed by atoms with Crippen molar-refractivity contribution >= 4 is 11.6 Å². The minimum Gasteiger partial charge on any atom is -0.481 e. The molecular formula is C18H21N3O2. The van der Waals surface area contributed by atoms with Gasteiger partial charge in [-0.25, -0.2) is 4.98 Å². The summed E-state index contributed by atoms with van der Waals surface area (Å²) in [6.07, 6.45) is 2.22. The molecule has 3 rings (SSSR count). The molecule has 1 heterocycles. The first kappa shape index (κ1) is 15.3. The molecule has 2 aromatic rings. The number of hydrogen-bond donors (Lipinski definition) is 2. The van der Waals surface area contributed by atoms with Crippen LogP contribution in [0.4, 0.5) is 5.69 Å². The number of anilines is 1. The number of methoxy groups -OCH3 is 1. The Balaban J connectivity index is 1.83. The number of nitrogens with zero attached hydrogens (tertiary/aromatic N) is 1. The molecule has 1 atom stereocenters. The third-order valence-corrected chi connectivity index (χ3v) is 4.09. The topological polar surface area (TPSA) is 63.2 Å². The molecule has 0 aliphatic heterocycles. The second-order valence-electron chi connectivity index (χ2n) is 5.69. The van der Waals surface area contributed by atoms with E-state index in [4.69, 9.17) is 4.74 Å². The lowest BCUT2D eigenvalue weighted by Crippen LogP contribution is -2.31. The summed E-state index contributed by atoms with van der Waals surface area (Å²) >= 11 is 0. The molecule has 1 aliphatic carbocycles. The summed E-state index contributed by atoms with van der Waals surface area (Å²) in [4.78, 5) is 17.2. The molecule has 1 aliphatic rings. The molecular weight excluding hydrogens is 290 g/mol. The lowest BCUT2D eigenvalue weighted by molar-refractivity contribution is 0.0931. The Morgan fingerprint density at radius 1 is 1.22 bits per heavy atom. The summed E-state index contributed by atoms with van der Waals surface area (Å²) in [5.41, 5.74) is 2.31. The predicted octanol–water partition coefficient (Wildman–Crippen LogP) is 3.01. The Hall–Kier alpha value is -2.56. The number of benzene rings is 1. The summed E-state index contributed by atoms with van der Waals surface area (Å²) in [6.45, 7) is 0. The van der Waals surface area contributed by atoms with E-state index in [9.17, 15) is 4.79 Å². The number of pyridine rings is 1. The van der Waals surface area contributed by atoms with Gasteiger partial charge in [-0.1, -0.05) is 18.2 Å². The molecule has 1 saturated carbocycles. The van der Waals surface area contributed by atoms with Gasteiger partial charge >= 0.3 is 0 Å². The van der Waals surface area contributed by atoms with Crippen LogP contribution >= 0.6 is 0 Å². The van der Waals surface area contributed by atoms with Gasteiger partial charge in [0, 0.05) is 18.8 Å². The first-order valence-electron chi connectivity index (χ1n) is 7.81. The van der Waals surface area contributed by atoms with E-state index in [2.05, 4.69) is 15.6 Å². The number of rotatable bonds is 6. The fourth-order valence-electron chi connectivity index (χ4n) is 2.70. The van der Waals surface area contributed by atoms with Gasteiger partial charge in [-0.15, -0.1) is 0 Å². The standard InChI is InChI=1S/C18H21N3O2/c1-19-14-7-4-3-6-13(14)18(22)21-17(12-10-11-12)15-8-5-9-16(20-15)23-2/h3-9,12,17,19H,10-11H2,1-2H3,(H,21,22). The van der Waals surface area contributed by atoms with Crippen LogP contribution in [0.2, 0.25) is 0 Å². The van der Waals surface area contributed by atoms with E-state index in [1.807, 2.05) is 49.5 Å². The zero-order valence-corrected chi connectivity index (χ0v) is 13.4. The zero-order valence-electron chi connectivity index (χ0n) is 13.4. The second kappa shape index (κ2) is 6.69. The van der Waals surface area contributed by atoms with E-state index in [1.54, 1.807) is 7.11 Å². The van der Waals surface area contributed by atoms with Crippen LogP contribution in [-0.4, -0.2) is 25.0 Å². The number of hydrogen-bond acceptors (Lipinski definition) is 4. The minimum atomic E-state index is -0.0866. The Kier molecular flexibility index (Phi) is 4.46. The van der Waals surface area contributed by atoms with Crippen LogP contribution in [-0.2, 0) is 0 Å². The molecule has 0 spiro atoms. The van der Waals surface area contributed by atoms with Crippen molar-refractivity contribution in [2.24, 2.45) is 5.92 Å². The maximum absolute atomic E-state index is 12.7. The van der Waals surface area contributed by atoms with Crippen LogP contribution < -0.4 is 15.4 Å². The second-order valence-corrected chi connectivity index (χ2v) is 5.69. The number of carbonyl (C=O) groups excluding carboxylic acids is 1. The lowest BCUT2D eigenvalue weighted by Gasteiger charge is -2.19. The summed E-state index contributed by atoms with van der Waals surface area (Å²) in [5.74, 6) is 0.926. The van der Waals surface area contributed by atoms with Crippen LogP contribution in [0.15, 0.2) is 42.5 Å². The van der Waals surface area contributed by atoms with E-state index < -0.39 is 0 Å². The largest absolute Gasteiger partial charge is 0.481 e. The van der Waals surface area contributed by atoms with Gasteiger partial charge in [-0.05, 0) is 37.0 Å². The van der Waals surface area contributed by atoms with Gasteiger partial charge in [-0.2, -0.15) is 0 Å². The highest BCUT2D eigenvalue weighted by atomic mass is 16.5. The van der Waals surface area contributed by atoms with Gasteiger partial charge in [0.2, 0.25) is 5.88 Å². The van der Waals surface area contributed by atoms with Crippen LogP contribution in [0, 0.1) is 5.92 Å². The van der Waals surface area contributed by atoms with E-state index in [1.165, 1.54) is 0 Å². The van der Waals surface area contributed by atoms with Crippen molar-refractivity contribution in [3.05, 3.63) is 53.7 Å². The van der Waals surface area contributed by atoms with Crippen molar-refractivity contribution in [2.75, 3.05) is 19.5 Å².